The number of aromatic nitrogens is 2. The molecule has 1 aliphatic heterocycles. The third-order valence-electron chi connectivity index (χ3n) is 4.34. The van der Waals surface area contributed by atoms with Gasteiger partial charge in [-0.05, 0) is 43.9 Å². The molecule has 0 aliphatic carbocycles. The van der Waals surface area contributed by atoms with Crippen molar-refractivity contribution in [3.8, 4) is 0 Å². The molecule has 0 atom stereocenters. The average Bonchev–Trinajstić information content (AvgIpc) is 2.96. The van der Waals surface area contributed by atoms with Crippen LogP contribution in [0.4, 0.5) is 5.82 Å². The Hall–Kier alpha value is -1.81. The Morgan fingerprint density at radius 2 is 1.86 bits per heavy atom. The highest BCUT2D eigenvalue weighted by Gasteiger charge is 2.20. The van der Waals surface area contributed by atoms with Crippen LogP contribution >= 0.6 is 0 Å². The standard InChI is InChI=1S/C17H24N4/c18-17-10-14-21(19-17)16-8-12-20(13-9-16)11-4-7-15-5-2-1-3-6-15/h1-3,5-6,10,14,16H,4,7-9,11-13H2,(H2,18,19). The van der Waals surface area contributed by atoms with Crippen LogP contribution in [0.1, 0.15) is 30.9 Å². The number of hydrogen-bond acceptors (Lipinski definition) is 3. The first kappa shape index (κ1) is 14.1. The van der Waals surface area contributed by atoms with Crippen LogP contribution < -0.4 is 5.73 Å². The lowest BCUT2D eigenvalue weighted by molar-refractivity contribution is 0.178. The predicted molar refractivity (Wildman–Crippen MR) is 86.1 cm³/mol. The normalized spacial score (nSPS) is 17.1. The predicted octanol–water partition coefficient (Wildman–Crippen LogP) is 2.74. The molecule has 0 bridgehead atoms. The second-order valence-electron chi connectivity index (χ2n) is 5.88. The van der Waals surface area contributed by atoms with E-state index in [1.807, 2.05) is 16.9 Å². The Morgan fingerprint density at radius 1 is 1.10 bits per heavy atom. The Morgan fingerprint density at radius 3 is 2.52 bits per heavy atom. The van der Waals surface area contributed by atoms with Gasteiger partial charge in [-0.1, -0.05) is 30.3 Å². The number of anilines is 1. The third-order valence-corrected chi connectivity index (χ3v) is 4.34. The molecule has 1 fully saturated rings. The zero-order chi connectivity index (χ0) is 14.5. The van der Waals surface area contributed by atoms with Crippen LogP contribution in [-0.4, -0.2) is 34.3 Å². The number of hydrogen-bond donors (Lipinski definition) is 1. The zero-order valence-corrected chi connectivity index (χ0v) is 12.5. The van der Waals surface area contributed by atoms with E-state index >= 15 is 0 Å². The van der Waals surface area contributed by atoms with Gasteiger partial charge in [-0.2, -0.15) is 5.10 Å². The average molecular weight is 284 g/mol. The van der Waals surface area contributed by atoms with Crippen molar-refractivity contribution in [2.24, 2.45) is 0 Å². The summed E-state index contributed by atoms with van der Waals surface area (Å²) >= 11 is 0. The molecular weight excluding hydrogens is 260 g/mol. The van der Waals surface area contributed by atoms with Crippen molar-refractivity contribution in [2.75, 3.05) is 25.4 Å². The minimum Gasteiger partial charge on any atom is -0.382 e. The third kappa shape index (κ3) is 3.85. The second kappa shape index (κ2) is 6.76. The van der Waals surface area contributed by atoms with Crippen molar-refractivity contribution >= 4 is 5.82 Å². The van der Waals surface area contributed by atoms with E-state index in [0.29, 0.717) is 11.9 Å². The minimum atomic E-state index is 0.521. The Kier molecular flexibility index (Phi) is 4.55. The molecule has 0 amide bonds. The summed E-state index contributed by atoms with van der Waals surface area (Å²) in [7, 11) is 0. The Bertz CT molecular complexity index is 541. The van der Waals surface area contributed by atoms with Gasteiger partial charge < -0.3 is 10.6 Å². The summed E-state index contributed by atoms with van der Waals surface area (Å²) in [4.78, 5) is 2.58. The summed E-state index contributed by atoms with van der Waals surface area (Å²) in [6, 6.07) is 13.2. The summed E-state index contributed by atoms with van der Waals surface area (Å²) in [5.41, 5.74) is 7.14. The highest BCUT2D eigenvalue weighted by Crippen LogP contribution is 2.22. The smallest absolute Gasteiger partial charge is 0.145 e. The van der Waals surface area contributed by atoms with E-state index in [9.17, 15) is 0 Å². The number of aryl methyl sites for hydroxylation is 1. The van der Waals surface area contributed by atoms with E-state index in [1.165, 1.54) is 50.9 Å². The number of piperidine rings is 1. The topological polar surface area (TPSA) is 47.1 Å². The summed E-state index contributed by atoms with van der Waals surface area (Å²) in [6.07, 6.45) is 6.77. The van der Waals surface area contributed by atoms with Gasteiger partial charge in [0.15, 0.2) is 0 Å². The lowest BCUT2D eigenvalue weighted by atomic mass is 10.0. The molecule has 4 nitrogen and oxygen atoms in total. The SMILES string of the molecule is Nc1ccn(C2CCN(CCCc3ccccc3)CC2)n1. The lowest BCUT2D eigenvalue weighted by Crippen LogP contribution is -2.35. The van der Waals surface area contributed by atoms with Gasteiger partial charge in [0.1, 0.15) is 5.82 Å². The van der Waals surface area contributed by atoms with Crippen molar-refractivity contribution in [1.29, 1.82) is 0 Å². The number of nitrogens with zero attached hydrogens (tertiary/aromatic N) is 3. The fourth-order valence-corrected chi connectivity index (χ4v) is 3.12. The molecule has 112 valence electrons. The van der Waals surface area contributed by atoms with Crippen LogP contribution in [0.15, 0.2) is 42.6 Å². The van der Waals surface area contributed by atoms with Gasteiger partial charge in [-0.15, -0.1) is 0 Å². The Balaban J connectivity index is 1.40. The molecule has 0 radical (unpaired) electrons. The summed E-state index contributed by atoms with van der Waals surface area (Å²) < 4.78 is 2.04. The lowest BCUT2D eigenvalue weighted by Gasteiger charge is -2.32. The molecular formula is C17H24N4. The first-order chi connectivity index (χ1) is 10.3. The molecule has 1 aromatic heterocycles. The molecule has 21 heavy (non-hydrogen) atoms. The van der Waals surface area contributed by atoms with Gasteiger partial charge in [0.05, 0.1) is 6.04 Å². The van der Waals surface area contributed by atoms with E-state index in [1.54, 1.807) is 0 Å². The monoisotopic (exact) mass is 284 g/mol. The maximum atomic E-state index is 5.69. The van der Waals surface area contributed by atoms with E-state index in [-0.39, 0.29) is 0 Å². The van der Waals surface area contributed by atoms with Crippen LogP contribution in [-0.2, 0) is 6.42 Å². The molecule has 2 aromatic rings. The van der Waals surface area contributed by atoms with Crippen LogP contribution in [0.2, 0.25) is 0 Å². The molecule has 0 saturated carbocycles. The number of rotatable bonds is 5. The highest BCUT2D eigenvalue weighted by molar-refractivity contribution is 5.24. The maximum Gasteiger partial charge on any atom is 0.145 e. The van der Waals surface area contributed by atoms with Crippen LogP contribution in [0.25, 0.3) is 0 Å². The van der Waals surface area contributed by atoms with Crippen LogP contribution in [0, 0.1) is 0 Å². The van der Waals surface area contributed by atoms with Crippen molar-refractivity contribution in [2.45, 2.75) is 31.7 Å². The van der Waals surface area contributed by atoms with Gasteiger partial charge in [0, 0.05) is 19.3 Å². The largest absolute Gasteiger partial charge is 0.382 e. The highest BCUT2D eigenvalue weighted by atomic mass is 15.3. The quantitative estimate of drug-likeness (QED) is 0.918. The van der Waals surface area contributed by atoms with Crippen LogP contribution in [0.3, 0.4) is 0 Å². The van der Waals surface area contributed by atoms with Gasteiger partial charge in [0.2, 0.25) is 0 Å². The van der Waals surface area contributed by atoms with Crippen molar-refractivity contribution in [1.82, 2.24) is 14.7 Å². The van der Waals surface area contributed by atoms with Gasteiger partial charge in [-0.25, -0.2) is 0 Å². The molecule has 0 spiro atoms. The first-order valence-corrected chi connectivity index (χ1v) is 7.88. The maximum absolute atomic E-state index is 5.69. The van der Waals surface area contributed by atoms with Crippen molar-refractivity contribution in [3.05, 3.63) is 48.2 Å². The van der Waals surface area contributed by atoms with E-state index in [2.05, 4.69) is 40.3 Å². The summed E-state index contributed by atoms with van der Waals surface area (Å²) in [6.45, 7) is 3.53. The van der Waals surface area contributed by atoms with E-state index in [4.69, 9.17) is 5.73 Å². The summed E-state index contributed by atoms with van der Waals surface area (Å²) in [5.74, 6) is 0.625. The fourth-order valence-electron chi connectivity index (χ4n) is 3.12. The van der Waals surface area contributed by atoms with Gasteiger partial charge >= 0.3 is 0 Å². The molecule has 1 aromatic carbocycles. The second-order valence-corrected chi connectivity index (χ2v) is 5.88. The zero-order valence-electron chi connectivity index (χ0n) is 12.5. The fraction of sp³-hybridized carbons (Fsp3) is 0.471. The first-order valence-electron chi connectivity index (χ1n) is 7.88. The molecule has 2 N–H and O–H groups in total. The summed E-state index contributed by atoms with van der Waals surface area (Å²) in [5, 5.41) is 4.34. The molecule has 2 heterocycles. The van der Waals surface area contributed by atoms with E-state index < -0.39 is 0 Å². The van der Waals surface area contributed by atoms with Crippen molar-refractivity contribution in [3.63, 3.8) is 0 Å². The minimum absolute atomic E-state index is 0.521. The number of likely N-dealkylation sites (tertiary alicyclic amines) is 1. The van der Waals surface area contributed by atoms with E-state index in [0.717, 1.165) is 0 Å². The molecule has 1 saturated heterocycles. The Labute approximate surface area is 126 Å². The number of nitrogens with two attached hydrogens (primary N) is 1. The van der Waals surface area contributed by atoms with Crippen LogP contribution in [0.5, 0.6) is 0 Å². The number of benzene rings is 1. The molecule has 1 aliphatic rings. The molecule has 4 heteroatoms. The molecule has 3 rings (SSSR count). The number of nitrogen functional groups attached to an aromatic ring is 1. The van der Waals surface area contributed by atoms with Gasteiger partial charge in [-0.3, -0.25) is 4.68 Å². The molecule has 0 unspecified atom stereocenters. The van der Waals surface area contributed by atoms with Gasteiger partial charge in [0.25, 0.3) is 0 Å². The van der Waals surface area contributed by atoms with Crippen molar-refractivity contribution < 1.29 is 0 Å².